The molecule has 0 heterocycles. The molecule has 0 radical (unpaired) electrons. The van der Waals surface area contributed by atoms with Gasteiger partial charge in [0.05, 0.1) is 15.9 Å². The molecule has 0 spiro atoms. The Hall–Kier alpha value is -1.98. The summed E-state index contributed by atoms with van der Waals surface area (Å²) in [6, 6.07) is 3.31. The molecule has 1 rings (SSSR count). The van der Waals surface area contributed by atoms with Crippen LogP contribution in [0.5, 0.6) is 0 Å². The highest BCUT2D eigenvalue weighted by atomic mass is 32.2. The summed E-state index contributed by atoms with van der Waals surface area (Å²) in [5.74, 6) is 0. The van der Waals surface area contributed by atoms with Crippen LogP contribution < -0.4 is 0 Å². The molecule has 0 saturated carbocycles. The molecule has 8 heteroatoms. The molecule has 1 unspecified atom stereocenters. The van der Waals surface area contributed by atoms with Gasteiger partial charge in [-0.15, -0.1) is 0 Å². The molecule has 0 fully saturated rings. The minimum absolute atomic E-state index is 0.145. The van der Waals surface area contributed by atoms with Gasteiger partial charge in [0.1, 0.15) is 6.04 Å². The van der Waals surface area contributed by atoms with E-state index in [0.717, 1.165) is 10.4 Å². The molecule has 0 aromatic heterocycles. The number of rotatable bonds is 4. The Labute approximate surface area is 117 Å². The van der Waals surface area contributed by atoms with Crippen molar-refractivity contribution in [3.63, 3.8) is 0 Å². The zero-order valence-electron chi connectivity index (χ0n) is 11.6. The fourth-order valence-corrected chi connectivity index (χ4v) is 3.22. The smallest absolute Gasteiger partial charge is 0.258 e. The molecule has 7 nitrogen and oxygen atoms in total. The lowest BCUT2D eigenvalue weighted by molar-refractivity contribution is -0.385. The lowest BCUT2D eigenvalue weighted by atomic mass is 10.1. The molecule has 108 valence electrons. The van der Waals surface area contributed by atoms with Crippen LogP contribution in [0.2, 0.25) is 0 Å². The zero-order valence-corrected chi connectivity index (χ0v) is 12.4. The van der Waals surface area contributed by atoms with E-state index >= 15 is 0 Å². The summed E-state index contributed by atoms with van der Waals surface area (Å²) in [5, 5.41) is 19.7. The molecule has 1 atom stereocenters. The third-order valence-corrected chi connectivity index (χ3v) is 5.26. The van der Waals surface area contributed by atoms with Gasteiger partial charge in [0.25, 0.3) is 5.69 Å². The molecule has 0 aliphatic rings. The van der Waals surface area contributed by atoms with Gasteiger partial charge in [-0.05, 0) is 31.9 Å². The van der Waals surface area contributed by atoms with Crippen LogP contribution in [0, 0.1) is 35.3 Å². The van der Waals surface area contributed by atoms with Crippen LogP contribution in [0.3, 0.4) is 0 Å². The molecule has 20 heavy (non-hydrogen) atoms. The quantitative estimate of drug-likeness (QED) is 0.622. The van der Waals surface area contributed by atoms with Crippen LogP contribution in [0.25, 0.3) is 0 Å². The number of nitro benzene ring substituents is 1. The number of aryl methyl sites for hydroxylation is 1. The molecule has 0 aliphatic carbocycles. The maximum absolute atomic E-state index is 12.4. The number of non-ortho nitro benzene ring substituents is 1. The van der Waals surface area contributed by atoms with Gasteiger partial charge in [-0.1, -0.05) is 0 Å². The van der Waals surface area contributed by atoms with Gasteiger partial charge >= 0.3 is 0 Å². The third-order valence-electron chi connectivity index (χ3n) is 3.20. The first-order valence-corrected chi connectivity index (χ1v) is 7.20. The molecule has 1 aromatic carbocycles. The first-order valence-electron chi connectivity index (χ1n) is 5.76. The van der Waals surface area contributed by atoms with E-state index in [9.17, 15) is 18.5 Å². The molecular weight excluding hydrogens is 282 g/mol. The second kappa shape index (κ2) is 5.56. The number of nitro groups is 1. The van der Waals surface area contributed by atoms with E-state index in [4.69, 9.17) is 5.26 Å². The number of sulfonamides is 1. The predicted octanol–water partition coefficient (Wildman–Crippen LogP) is 1.74. The second-order valence-corrected chi connectivity index (χ2v) is 6.44. The van der Waals surface area contributed by atoms with Crippen molar-refractivity contribution in [3.05, 3.63) is 33.4 Å². The normalized spacial score (nSPS) is 13.0. The first-order chi connectivity index (χ1) is 9.12. The van der Waals surface area contributed by atoms with Crippen molar-refractivity contribution in [2.75, 3.05) is 7.05 Å². The van der Waals surface area contributed by atoms with Gasteiger partial charge in [0, 0.05) is 19.2 Å². The van der Waals surface area contributed by atoms with Crippen LogP contribution in [0.15, 0.2) is 17.0 Å². The van der Waals surface area contributed by atoms with Gasteiger partial charge in [0.15, 0.2) is 0 Å². The van der Waals surface area contributed by atoms with E-state index in [0.29, 0.717) is 11.1 Å². The molecule has 0 saturated heterocycles. The van der Waals surface area contributed by atoms with Crippen LogP contribution in [0.4, 0.5) is 5.69 Å². The highest BCUT2D eigenvalue weighted by Gasteiger charge is 2.29. The second-order valence-electron chi connectivity index (χ2n) is 4.47. The van der Waals surface area contributed by atoms with E-state index in [2.05, 4.69) is 0 Å². The maximum Gasteiger partial charge on any atom is 0.271 e. The summed E-state index contributed by atoms with van der Waals surface area (Å²) < 4.78 is 25.8. The number of nitrogens with zero attached hydrogens (tertiary/aromatic N) is 3. The van der Waals surface area contributed by atoms with Crippen molar-refractivity contribution in [1.82, 2.24) is 4.31 Å². The largest absolute Gasteiger partial charge is 0.271 e. The van der Waals surface area contributed by atoms with Gasteiger partial charge in [-0.3, -0.25) is 10.1 Å². The number of nitriles is 1. The van der Waals surface area contributed by atoms with Crippen molar-refractivity contribution in [1.29, 1.82) is 5.26 Å². The number of hydrogen-bond donors (Lipinski definition) is 0. The highest BCUT2D eigenvalue weighted by Crippen LogP contribution is 2.27. The van der Waals surface area contributed by atoms with E-state index in [1.807, 2.05) is 6.07 Å². The van der Waals surface area contributed by atoms with E-state index in [1.165, 1.54) is 20.0 Å². The van der Waals surface area contributed by atoms with Crippen molar-refractivity contribution in [2.45, 2.75) is 31.7 Å². The SMILES string of the molecule is Cc1cc([N+](=O)[O-])cc(S(=O)(=O)N(C)C(C)C#N)c1C. The minimum Gasteiger partial charge on any atom is -0.258 e. The molecule has 0 amide bonds. The van der Waals surface area contributed by atoms with Crippen molar-refractivity contribution < 1.29 is 13.3 Å². The molecule has 0 bridgehead atoms. The Bertz CT molecular complexity index is 691. The predicted molar refractivity (Wildman–Crippen MR) is 72.6 cm³/mol. The minimum atomic E-state index is -3.95. The van der Waals surface area contributed by atoms with Crippen molar-refractivity contribution >= 4 is 15.7 Å². The lowest BCUT2D eigenvalue weighted by Crippen LogP contribution is -2.34. The maximum atomic E-state index is 12.4. The average molecular weight is 297 g/mol. The Kier molecular flexibility index (Phi) is 4.47. The van der Waals surface area contributed by atoms with Crippen LogP contribution >= 0.6 is 0 Å². The molecule has 0 N–H and O–H groups in total. The molecule has 0 aliphatic heterocycles. The number of benzene rings is 1. The lowest BCUT2D eigenvalue weighted by Gasteiger charge is -2.20. The van der Waals surface area contributed by atoms with Crippen molar-refractivity contribution in [3.8, 4) is 6.07 Å². The summed E-state index contributed by atoms with van der Waals surface area (Å²) in [4.78, 5) is 10.1. The topological polar surface area (TPSA) is 104 Å². The fourth-order valence-electron chi connectivity index (χ4n) is 1.63. The van der Waals surface area contributed by atoms with Gasteiger partial charge < -0.3 is 0 Å². The van der Waals surface area contributed by atoms with Crippen LogP contribution in [0.1, 0.15) is 18.1 Å². The Morgan fingerprint density at radius 2 is 1.95 bits per heavy atom. The average Bonchev–Trinajstić information content (AvgIpc) is 2.39. The molecule has 1 aromatic rings. The zero-order chi connectivity index (χ0) is 15.7. The summed E-state index contributed by atoms with van der Waals surface area (Å²) in [5.41, 5.74) is 0.660. The van der Waals surface area contributed by atoms with E-state index in [-0.39, 0.29) is 10.6 Å². The summed E-state index contributed by atoms with van der Waals surface area (Å²) in [7, 11) is -2.68. The Morgan fingerprint density at radius 3 is 2.40 bits per heavy atom. The van der Waals surface area contributed by atoms with Crippen LogP contribution in [-0.4, -0.2) is 30.7 Å². The van der Waals surface area contributed by atoms with Gasteiger partial charge in [-0.2, -0.15) is 9.57 Å². The first kappa shape index (κ1) is 16.1. The monoisotopic (exact) mass is 297 g/mol. The van der Waals surface area contributed by atoms with Crippen LogP contribution in [-0.2, 0) is 10.0 Å². The molecular formula is C12H15N3O4S. The summed E-state index contributed by atoms with van der Waals surface area (Å²) >= 11 is 0. The Balaban J connectivity index is 3.54. The van der Waals surface area contributed by atoms with Crippen molar-refractivity contribution in [2.24, 2.45) is 0 Å². The Morgan fingerprint density at radius 1 is 1.40 bits per heavy atom. The van der Waals surface area contributed by atoms with E-state index < -0.39 is 21.0 Å². The number of hydrogen-bond acceptors (Lipinski definition) is 5. The van der Waals surface area contributed by atoms with Gasteiger partial charge in [-0.25, -0.2) is 8.42 Å². The summed E-state index contributed by atoms with van der Waals surface area (Å²) in [6.45, 7) is 4.63. The van der Waals surface area contributed by atoms with Gasteiger partial charge in [0.2, 0.25) is 10.0 Å². The summed E-state index contributed by atoms with van der Waals surface area (Å²) in [6.07, 6.45) is 0. The fraction of sp³-hybridized carbons (Fsp3) is 0.417. The highest BCUT2D eigenvalue weighted by molar-refractivity contribution is 7.89. The van der Waals surface area contributed by atoms with E-state index in [1.54, 1.807) is 13.8 Å². The third kappa shape index (κ3) is 2.79. The standard InChI is InChI=1S/C12H15N3O4S/c1-8-5-11(15(16)17)6-12(10(8)3)20(18,19)14(4)9(2)7-13/h5-6,9H,1-4H3.